The Morgan fingerprint density at radius 3 is 1.08 bits per heavy atom. The van der Waals surface area contributed by atoms with Crippen molar-refractivity contribution in [3.8, 4) is 0 Å². The molecule has 0 aromatic rings. The van der Waals surface area contributed by atoms with Crippen LogP contribution in [0.3, 0.4) is 0 Å². The summed E-state index contributed by atoms with van der Waals surface area (Å²) in [5.41, 5.74) is 0. The molecule has 1 aliphatic rings. The Balaban J connectivity index is 1.76. The third-order valence-electron chi connectivity index (χ3n) is 6.06. The molecule has 18 heteroatoms. The zero-order valence-electron chi connectivity index (χ0n) is 28.7. The largest absolute Gasteiger partial charge is 0.394 e. The molecular formula is C31H56N2O16. The van der Waals surface area contributed by atoms with Gasteiger partial charge in [-0.05, 0) is 0 Å². The van der Waals surface area contributed by atoms with Crippen molar-refractivity contribution in [3.05, 3.63) is 12.2 Å². The quantitative estimate of drug-likeness (QED) is 0.0431. The van der Waals surface area contributed by atoms with Gasteiger partial charge in [-0.25, -0.2) is 5.01 Å². The first-order valence-electron chi connectivity index (χ1n) is 16.5. The van der Waals surface area contributed by atoms with Gasteiger partial charge in [-0.1, -0.05) is 6.92 Å². The fourth-order valence-electron chi connectivity index (χ4n) is 3.70. The molecule has 286 valence electrons. The predicted octanol–water partition coefficient (Wildman–Crippen LogP) is -1.44. The number of carbonyl (C=O) groups is 3. The molecule has 18 nitrogen and oxygen atoms in total. The molecule has 0 radical (unpaired) electrons. The Kier molecular flexibility index (Phi) is 30.2. The van der Waals surface area contributed by atoms with E-state index >= 15 is 0 Å². The second-order valence-electron chi connectivity index (χ2n) is 9.82. The van der Waals surface area contributed by atoms with Crippen LogP contribution in [0.15, 0.2) is 12.2 Å². The van der Waals surface area contributed by atoms with Crippen molar-refractivity contribution in [1.82, 2.24) is 10.0 Å². The van der Waals surface area contributed by atoms with Crippen molar-refractivity contribution in [1.29, 1.82) is 0 Å². The van der Waals surface area contributed by atoms with E-state index in [1.807, 2.05) is 0 Å². The smallest absolute Gasteiger partial charge is 0.272 e. The summed E-state index contributed by atoms with van der Waals surface area (Å²) in [7, 11) is 0. The lowest BCUT2D eigenvalue weighted by atomic mass is 10.4. The lowest BCUT2D eigenvalue weighted by Gasteiger charge is -2.33. The number of amides is 3. The summed E-state index contributed by atoms with van der Waals surface area (Å²) >= 11 is 0. The number of carbonyl (C=O) groups excluding carboxylic acids is 3. The fourth-order valence-corrected chi connectivity index (χ4v) is 3.70. The van der Waals surface area contributed by atoms with E-state index in [1.165, 1.54) is 0 Å². The molecule has 1 rings (SSSR count). The maximum Gasteiger partial charge on any atom is 0.272 e. The minimum absolute atomic E-state index is 0.00934. The first-order chi connectivity index (χ1) is 24.0. The SMILES string of the molecule is CCC(=O)N(C(O)COCCOCCOCCOCCOCCOCCOCCOCCOCCOCCOCCO)N1C(=O)C=CC1=O. The van der Waals surface area contributed by atoms with Crippen LogP contribution in [0.4, 0.5) is 0 Å². The summed E-state index contributed by atoms with van der Waals surface area (Å²) in [5, 5.41) is 20.2. The second kappa shape index (κ2) is 33.0. The van der Waals surface area contributed by atoms with Crippen molar-refractivity contribution < 1.29 is 76.7 Å². The van der Waals surface area contributed by atoms with Crippen LogP contribution < -0.4 is 0 Å². The molecule has 1 atom stereocenters. The third-order valence-corrected chi connectivity index (χ3v) is 6.06. The van der Waals surface area contributed by atoms with Crippen LogP contribution >= 0.6 is 0 Å². The van der Waals surface area contributed by atoms with E-state index in [-0.39, 0.29) is 32.8 Å². The highest BCUT2D eigenvalue weighted by atomic mass is 16.6. The minimum Gasteiger partial charge on any atom is -0.394 e. The Morgan fingerprint density at radius 2 is 0.816 bits per heavy atom. The molecule has 0 aromatic heterocycles. The molecule has 0 bridgehead atoms. The number of rotatable bonds is 37. The normalized spacial score (nSPS) is 13.6. The zero-order valence-corrected chi connectivity index (χ0v) is 28.7. The first kappa shape index (κ1) is 44.9. The number of hydrazine groups is 1. The van der Waals surface area contributed by atoms with Crippen molar-refractivity contribution in [2.45, 2.75) is 19.6 Å². The number of hydrogen-bond acceptors (Lipinski definition) is 16. The van der Waals surface area contributed by atoms with E-state index in [1.54, 1.807) is 6.92 Å². The van der Waals surface area contributed by atoms with Gasteiger partial charge < -0.3 is 62.3 Å². The maximum atomic E-state index is 12.2. The van der Waals surface area contributed by atoms with Crippen LogP contribution in [-0.2, 0) is 66.5 Å². The van der Waals surface area contributed by atoms with Crippen LogP contribution in [0.25, 0.3) is 0 Å². The van der Waals surface area contributed by atoms with Crippen LogP contribution in [0, 0.1) is 0 Å². The Labute approximate surface area is 288 Å². The standard InChI is InChI=1S/C31H56N2O16/c1-2-28(35)32(33-29(36)3-4-30(33)37)31(38)27-49-26-25-48-24-23-47-22-21-46-20-19-45-18-17-44-16-15-43-14-13-42-12-11-41-10-9-40-8-7-39-6-5-34/h3-4,31,34,38H,2,5-27H2,1H3. The van der Waals surface area contributed by atoms with Crippen molar-refractivity contribution in [2.24, 2.45) is 0 Å². The Morgan fingerprint density at radius 1 is 0.551 bits per heavy atom. The second-order valence-corrected chi connectivity index (χ2v) is 9.82. The number of imide groups is 1. The molecule has 2 N–H and O–H groups in total. The molecule has 0 saturated carbocycles. The summed E-state index contributed by atoms with van der Waals surface area (Å²) < 4.78 is 59.1. The molecule has 49 heavy (non-hydrogen) atoms. The molecule has 3 amide bonds. The Hall–Kier alpha value is -2.17. The highest BCUT2D eigenvalue weighted by molar-refractivity contribution is 6.13. The minimum atomic E-state index is -1.50. The number of hydrogen-bond donors (Lipinski definition) is 2. The highest BCUT2D eigenvalue weighted by Crippen LogP contribution is 2.13. The summed E-state index contributed by atoms with van der Waals surface area (Å²) in [5.74, 6) is -2.00. The van der Waals surface area contributed by atoms with Crippen molar-refractivity contribution in [2.75, 3.05) is 152 Å². The monoisotopic (exact) mass is 712 g/mol. The van der Waals surface area contributed by atoms with Gasteiger partial charge in [0.1, 0.15) is 0 Å². The highest BCUT2D eigenvalue weighted by Gasteiger charge is 2.36. The lowest BCUT2D eigenvalue weighted by molar-refractivity contribution is -0.192. The van der Waals surface area contributed by atoms with Gasteiger partial charge in [-0.2, -0.15) is 5.01 Å². The first-order valence-corrected chi connectivity index (χ1v) is 16.5. The summed E-state index contributed by atoms with van der Waals surface area (Å²) in [4.78, 5) is 35.9. The number of nitrogens with zero attached hydrogens (tertiary/aromatic N) is 2. The van der Waals surface area contributed by atoms with Gasteiger partial charge >= 0.3 is 0 Å². The number of aliphatic hydroxyl groups is 2. The van der Waals surface area contributed by atoms with E-state index in [2.05, 4.69) is 0 Å². The van der Waals surface area contributed by atoms with Crippen LogP contribution in [-0.4, -0.2) is 196 Å². The van der Waals surface area contributed by atoms with Crippen LogP contribution in [0.2, 0.25) is 0 Å². The molecule has 0 fully saturated rings. The van der Waals surface area contributed by atoms with E-state index in [0.29, 0.717) is 136 Å². The molecule has 1 aliphatic heterocycles. The van der Waals surface area contributed by atoms with Gasteiger partial charge in [0.2, 0.25) is 5.91 Å². The van der Waals surface area contributed by atoms with Gasteiger partial charge in [0.25, 0.3) is 11.8 Å². The van der Waals surface area contributed by atoms with Gasteiger partial charge in [-0.3, -0.25) is 14.4 Å². The number of aliphatic hydroxyl groups excluding tert-OH is 2. The van der Waals surface area contributed by atoms with Crippen molar-refractivity contribution >= 4 is 17.7 Å². The van der Waals surface area contributed by atoms with Gasteiger partial charge in [0, 0.05) is 18.6 Å². The molecular weight excluding hydrogens is 656 g/mol. The molecule has 0 saturated heterocycles. The molecule has 0 aromatic carbocycles. The lowest BCUT2D eigenvalue weighted by Crippen LogP contribution is -2.56. The maximum absolute atomic E-state index is 12.2. The van der Waals surface area contributed by atoms with E-state index in [4.69, 9.17) is 57.2 Å². The average Bonchev–Trinajstić information content (AvgIpc) is 3.43. The molecule has 1 heterocycles. The summed E-state index contributed by atoms with van der Waals surface area (Å²) in [6.45, 7) is 9.99. The number of ether oxygens (including phenoxy) is 11. The van der Waals surface area contributed by atoms with Gasteiger partial charge in [0.05, 0.1) is 152 Å². The van der Waals surface area contributed by atoms with E-state index < -0.39 is 23.9 Å². The molecule has 0 aliphatic carbocycles. The van der Waals surface area contributed by atoms with Crippen LogP contribution in [0.5, 0.6) is 0 Å². The molecule has 1 unspecified atom stereocenters. The zero-order chi connectivity index (χ0) is 35.6. The summed E-state index contributed by atoms with van der Waals surface area (Å²) in [6, 6.07) is 0. The topological polar surface area (TPSA) is 200 Å². The fraction of sp³-hybridized carbons (Fsp3) is 0.839. The third kappa shape index (κ3) is 24.6. The van der Waals surface area contributed by atoms with E-state index in [0.717, 1.165) is 12.2 Å². The van der Waals surface area contributed by atoms with Crippen molar-refractivity contribution in [3.63, 3.8) is 0 Å². The van der Waals surface area contributed by atoms with Gasteiger partial charge in [0.15, 0.2) is 6.23 Å². The van der Waals surface area contributed by atoms with Gasteiger partial charge in [-0.15, -0.1) is 0 Å². The average molecular weight is 713 g/mol. The van der Waals surface area contributed by atoms with E-state index in [9.17, 15) is 19.5 Å². The molecule has 0 spiro atoms. The summed E-state index contributed by atoms with van der Waals surface area (Å²) in [6.07, 6.45) is 0.548. The van der Waals surface area contributed by atoms with Crippen LogP contribution in [0.1, 0.15) is 13.3 Å². The predicted molar refractivity (Wildman–Crippen MR) is 170 cm³/mol. The Bertz CT molecular complexity index is 834.